The van der Waals surface area contributed by atoms with E-state index in [4.69, 9.17) is 4.42 Å². The zero-order valence-corrected chi connectivity index (χ0v) is 12.6. The number of aliphatic hydroxyl groups is 1. The molecule has 0 bridgehead atoms. The summed E-state index contributed by atoms with van der Waals surface area (Å²) in [6.07, 6.45) is 3.54. The van der Waals surface area contributed by atoms with Crippen molar-refractivity contribution >= 4 is 17.2 Å². The summed E-state index contributed by atoms with van der Waals surface area (Å²) in [5, 5.41) is 12.0. The minimum Gasteiger partial charge on any atom is -0.467 e. The van der Waals surface area contributed by atoms with Gasteiger partial charge in [-0.05, 0) is 42.8 Å². The number of thiophene rings is 1. The summed E-state index contributed by atoms with van der Waals surface area (Å²) in [4.78, 5) is 15.7. The number of nitrogens with zero attached hydrogens (tertiary/aromatic N) is 1. The lowest BCUT2D eigenvalue weighted by Gasteiger charge is -2.25. The van der Waals surface area contributed by atoms with Crippen LogP contribution in [0.2, 0.25) is 0 Å². The fourth-order valence-electron chi connectivity index (χ4n) is 2.86. The molecule has 1 aliphatic carbocycles. The molecule has 2 aromatic rings. The van der Waals surface area contributed by atoms with Gasteiger partial charge in [-0.3, -0.25) is 4.79 Å². The molecule has 1 aliphatic rings. The molecule has 0 aliphatic heterocycles. The third kappa shape index (κ3) is 3.36. The number of hydrogen-bond donors (Lipinski definition) is 1. The predicted octanol–water partition coefficient (Wildman–Crippen LogP) is 3.03. The third-order valence-corrected chi connectivity index (χ3v) is 4.82. The van der Waals surface area contributed by atoms with E-state index in [-0.39, 0.29) is 11.8 Å². The summed E-state index contributed by atoms with van der Waals surface area (Å²) in [5.41, 5.74) is 0. The number of carbonyl (C=O) groups is 1. The molecule has 1 fully saturated rings. The van der Waals surface area contributed by atoms with Crippen molar-refractivity contribution in [2.45, 2.75) is 38.5 Å². The van der Waals surface area contributed by atoms with Crippen LogP contribution in [-0.4, -0.2) is 22.0 Å². The molecule has 2 aromatic heterocycles. The van der Waals surface area contributed by atoms with Crippen LogP contribution in [0.15, 0.2) is 40.3 Å². The van der Waals surface area contributed by atoms with Crippen LogP contribution < -0.4 is 0 Å². The molecule has 0 saturated heterocycles. The molecule has 2 atom stereocenters. The van der Waals surface area contributed by atoms with Crippen molar-refractivity contribution in [3.8, 4) is 0 Å². The minimum absolute atomic E-state index is 0.0322. The smallest absolute Gasteiger partial charge is 0.229 e. The number of rotatable bonds is 5. The van der Waals surface area contributed by atoms with Gasteiger partial charge in [0.15, 0.2) is 0 Å². The second-order valence-electron chi connectivity index (χ2n) is 5.46. The first-order chi connectivity index (χ1) is 10.2. The average Bonchev–Trinajstić information content (AvgIpc) is 3.19. The number of aliphatic hydroxyl groups excluding tert-OH is 1. The Morgan fingerprint density at radius 1 is 1.33 bits per heavy atom. The largest absolute Gasteiger partial charge is 0.467 e. The van der Waals surface area contributed by atoms with Gasteiger partial charge in [0.05, 0.1) is 31.4 Å². The van der Waals surface area contributed by atoms with E-state index in [9.17, 15) is 9.90 Å². The molecular formula is C16H19NO3S. The molecule has 112 valence electrons. The maximum atomic E-state index is 12.7. The zero-order valence-electron chi connectivity index (χ0n) is 11.8. The normalized spacial score (nSPS) is 21.6. The molecule has 0 spiro atoms. The Hall–Kier alpha value is -1.59. The molecule has 4 nitrogen and oxygen atoms in total. The van der Waals surface area contributed by atoms with E-state index in [2.05, 4.69) is 0 Å². The number of hydrogen-bond acceptors (Lipinski definition) is 4. The van der Waals surface area contributed by atoms with Gasteiger partial charge in [0, 0.05) is 4.88 Å². The molecule has 0 radical (unpaired) electrons. The summed E-state index contributed by atoms with van der Waals surface area (Å²) in [7, 11) is 0. The highest BCUT2D eigenvalue weighted by molar-refractivity contribution is 7.09. The van der Waals surface area contributed by atoms with Crippen LogP contribution in [0.1, 0.15) is 29.9 Å². The van der Waals surface area contributed by atoms with E-state index < -0.39 is 6.10 Å². The minimum atomic E-state index is -0.500. The maximum Gasteiger partial charge on any atom is 0.229 e. The SMILES string of the molecule is O=C(C1CCCC1O)N(Cc1ccco1)Cc1cccs1. The van der Waals surface area contributed by atoms with Crippen molar-refractivity contribution in [3.63, 3.8) is 0 Å². The third-order valence-electron chi connectivity index (χ3n) is 3.96. The van der Waals surface area contributed by atoms with E-state index in [1.165, 1.54) is 0 Å². The summed E-state index contributed by atoms with van der Waals surface area (Å²) in [5.74, 6) is 0.539. The number of amides is 1. The van der Waals surface area contributed by atoms with Gasteiger partial charge in [0.25, 0.3) is 0 Å². The van der Waals surface area contributed by atoms with E-state index in [0.717, 1.165) is 29.9 Å². The Balaban J connectivity index is 1.75. The molecule has 0 aromatic carbocycles. The standard InChI is InChI=1S/C16H19NO3S/c18-15-7-1-6-14(15)16(19)17(10-12-4-2-8-20-12)11-13-5-3-9-21-13/h2-5,8-9,14-15,18H,1,6-7,10-11H2. The second-order valence-corrected chi connectivity index (χ2v) is 6.49. The summed E-state index contributed by atoms with van der Waals surface area (Å²) in [6, 6.07) is 7.71. The van der Waals surface area contributed by atoms with E-state index in [0.29, 0.717) is 13.1 Å². The van der Waals surface area contributed by atoms with Crippen LogP contribution in [-0.2, 0) is 17.9 Å². The zero-order chi connectivity index (χ0) is 14.7. The Morgan fingerprint density at radius 2 is 2.24 bits per heavy atom. The fourth-order valence-corrected chi connectivity index (χ4v) is 3.58. The summed E-state index contributed by atoms with van der Waals surface area (Å²) >= 11 is 1.64. The fraction of sp³-hybridized carbons (Fsp3) is 0.438. The molecule has 1 N–H and O–H groups in total. The number of furan rings is 1. The van der Waals surface area contributed by atoms with E-state index in [1.54, 1.807) is 22.5 Å². The van der Waals surface area contributed by atoms with Crippen LogP contribution in [0.5, 0.6) is 0 Å². The predicted molar refractivity (Wildman–Crippen MR) is 80.6 cm³/mol. The van der Waals surface area contributed by atoms with Gasteiger partial charge in [-0.2, -0.15) is 0 Å². The Morgan fingerprint density at radius 3 is 2.86 bits per heavy atom. The van der Waals surface area contributed by atoms with Crippen LogP contribution >= 0.6 is 11.3 Å². The summed E-state index contributed by atoms with van der Waals surface area (Å²) < 4.78 is 5.37. The van der Waals surface area contributed by atoms with E-state index >= 15 is 0 Å². The monoisotopic (exact) mass is 305 g/mol. The lowest BCUT2D eigenvalue weighted by molar-refractivity contribution is -0.139. The lowest BCUT2D eigenvalue weighted by Crippen LogP contribution is -2.38. The Labute approximate surface area is 128 Å². The van der Waals surface area contributed by atoms with Crippen molar-refractivity contribution in [1.82, 2.24) is 4.90 Å². The molecule has 21 heavy (non-hydrogen) atoms. The van der Waals surface area contributed by atoms with Gasteiger partial charge in [0.1, 0.15) is 5.76 Å². The quantitative estimate of drug-likeness (QED) is 0.924. The van der Waals surface area contributed by atoms with Gasteiger partial charge in [-0.1, -0.05) is 6.07 Å². The maximum absolute atomic E-state index is 12.7. The van der Waals surface area contributed by atoms with E-state index in [1.807, 2.05) is 29.6 Å². The first-order valence-corrected chi connectivity index (χ1v) is 8.13. The van der Waals surface area contributed by atoms with Crippen molar-refractivity contribution < 1.29 is 14.3 Å². The lowest BCUT2D eigenvalue weighted by atomic mass is 10.0. The highest BCUT2D eigenvalue weighted by atomic mass is 32.1. The van der Waals surface area contributed by atoms with Crippen molar-refractivity contribution in [2.75, 3.05) is 0 Å². The topological polar surface area (TPSA) is 53.7 Å². The van der Waals surface area contributed by atoms with Crippen molar-refractivity contribution in [2.24, 2.45) is 5.92 Å². The van der Waals surface area contributed by atoms with Crippen LogP contribution in [0.25, 0.3) is 0 Å². The van der Waals surface area contributed by atoms with Gasteiger partial charge in [-0.25, -0.2) is 0 Å². The molecule has 5 heteroatoms. The van der Waals surface area contributed by atoms with Gasteiger partial charge in [-0.15, -0.1) is 11.3 Å². The first kappa shape index (κ1) is 14.4. The van der Waals surface area contributed by atoms with Gasteiger partial charge < -0.3 is 14.4 Å². The molecule has 1 amide bonds. The number of carbonyl (C=O) groups excluding carboxylic acids is 1. The van der Waals surface area contributed by atoms with Gasteiger partial charge in [0.2, 0.25) is 5.91 Å². The van der Waals surface area contributed by atoms with Crippen LogP contribution in [0.3, 0.4) is 0 Å². The van der Waals surface area contributed by atoms with Crippen LogP contribution in [0, 0.1) is 5.92 Å². The summed E-state index contributed by atoms with van der Waals surface area (Å²) in [6.45, 7) is 1.02. The first-order valence-electron chi connectivity index (χ1n) is 7.25. The van der Waals surface area contributed by atoms with Crippen molar-refractivity contribution in [3.05, 3.63) is 46.5 Å². The highest BCUT2D eigenvalue weighted by Gasteiger charge is 2.34. The molecule has 3 rings (SSSR count). The molecular weight excluding hydrogens is 286 g/mol. The Bertz CT molecular complexity index is 528. The van der Waals surface area contributed by atoms with Crippen LogP contribution in [0.4, 0.5) is 0 Å². The van der Waals surface area contributed by atoms with Gasteiger partial charge >= 0.3 is 0 Å². The second kappa shape index (κ2) is 6.45. The molecule has 1 saturated carbocycles. The average molecular weight is 305 g/mol. The van der Waals surface area contributed by atoms with Crippen molar-refractivity contribution in [1.29, 1.82) is 0 Å². The Kier molecular flexibility index (Phi) is 4.41. The molecule has 2 heterocycles. The highest BCUT2D eigenvalue weighted by Crippen LogP contribution is 2.29. The molecule has 2 unspecified atom stereocenters.